The molecule has 0 saturated carbocycles. The Hall–Kier alpha value is -4.04. The second-order valence-electron chi connectivity index (χ2n) is 6.24. The standard InChI is InChI=1S/C21H13ClN4O4/c22-14-10-8-13(9-11-14)19-24-21(30-25-19)18-7-2-1-6-17(18)20(27)23-15-4-3-5-16(12-15)26(28)29/h1-12H,(H,23,27). The Morgan fingerprint density at radius 1 is 1.03 bits per heavy atom. The average Bonchev–Trinajstić information content (AvgIpc) is 3.24. The van der Waals surface area contributed by atoms with Crippen LogP contribution in [0.5, 0.6) is 0 Å². The van der Waals surface area contributed by atoms with E-state index in [1.165, 1.54) is 18.2 Å². The van der Waals surface area contributed by atoms with Crippen LogP contribution in [-0.2, 0) is 0 Å². The number of hydrogen-bond acceptors (Lipinski definition) is 6. The molecule has 0 radical (unpaired) electrons. The summed E-state index contributed by atoms with van der Waals surface area (Å²) in [5, 5.41) is 18.2. The summed E-state index contributed by atoms with van der Waals surface area (Å²) in [5.41, 5.74) is 1.62. The summed E-state index contributed by atoms with van der Waals surface area (Å²) in [5.74, 6) is 0.0673. The molecule has 9 heteroatoms. The van der Waals surface area contributed by atoms with Crippen LogP contribution < -0.4 is 5.32 Å². The van der Waals surface area contributed by atoms with Crippen molar-refractivity contribution >= 4 is 28.9 Å². The van der Waals surface area contributed by atoms with Crippen LogP contribution in [-0.4, -0.2) is 21.0 Å². The normalized spacial score (nSPS) is 10.6. The highest BCUT2D eigenvalue weighted by molar-refractivity contribution is 6.30. The van der Waals surface area contributed by atoms with Crippen molar-refractivity contribution in [1.29, 1.82) is 0 Å². The van der Waals surface area contributed by atoms with Gasteiger partial charge in [0.1, 0.15) is 0 Å². The van der Waals surface area contributed by atoms with Crippen LogP contribution in [0.15, 0.2) is 77.3 Å². The molecule has 1 N–H and O–H groups in total. The molecule has 0 aliphatic carbocycles. The zero-order chi connectivity index (χ0) is 21.1. The predicted molar refractivity (Wildman–Crippen MR) is 111 cm³/mol. The summed E-state index contributed by atoms with van der Waals surface area (Å²) in [6, 6.07) is 19.4. The first kappa shape index (κ1) is 19.3. The topological polar surface area (TPSA) is 111 Å². The van der Waals surface area contributed by atoms with Crippen LogP contribution in [0.1, 0.15) is 10.4 Å². The monoisotopic (exact) mass is 420 g/mol. The second kappa shape index (κ2) is 8.14. The quantitative estimate of drug-likeness (QED) is 0.350. The Labute approximate surface area is 175 Å². The molecule has 0 saturated heterocycles. The predicted octanol–water partition coefficient (Wildman–Crippen LogP) is 5.22. The number of hydrogen-bond donors (Lipinski definition) is 1. The molecule has 1 aromatic heterocycles. The highest BCUT2D eigenvalue weighted by Gasteiger charge is 2.19. The maximum Gasteiger partial charge on any atom is 0.271 e. The summed E-state index contributed by atoms with van der Waals surface area (Å²) >= 11 is 5.90. The van der Waals surface area contributed by atoms with Crippen molar-refractivity contribution in [3.8, 4) is 22.8 Å². The van der Waals surface area contributed by atoms with E-state index in [2.05, 4.69) is 15.5 Å². The molecular weight excluding hydrogens is 408 g/mol. The number of nitro benzene ring substituents is 1. The number of non-ortho nitro benzene ring substituents is 1. The lowest BCUT2D eigenvalue weighted by Crippen LogP contribution is -2.13. The molecule has 0 fully saturated rings. The van der Waals surface area contributed by atoms with E-state index in [0.29, 0.717) is 27.7 Å². The lowest BCUT2D eigenvalue weighted by Gasteiger charge is -2.07. The van der Waals surface area contributed by atoms with E-state index < -0.39 is 10.8 Å². The fourth-order valence-corrected chi connectivity index (χ4v) is 2.94. The molecule has 1 amide bonds. The minimum atomic E-state index is -0.527. The largest absolute Gasteiger partial charge is 0.334 e. The van der Waals surface area contributed by atoms with Gasteiger partial charge in [-0.25, -0.2) is 0 Å². The van der Waals surface area contributed by atoms with Crippen LogP contribution >= 0.6 is 11.6 Å². The Morgan fingerprint density at radius 2 is 1.80 bits per heavy atom. The van der Waals surface area contributed by atoms with Crippen LogP contribution in [0.4, 0.5) is 11.4 Å². The Bertz CT molecular complexity index is 1240. The lowest BCUT2D eigenvalue weighted by atomic mass is 10.1. The van der Waals surface area contributed by atoms with Crippen LogP contribution in [0, 0.1) is 10.1 Å². The maximum atomic E-state index is 12.8. The zero-order valence-corrected chi connectivity index (χ0v) is 16.0. The molecule has 148 valence electrons. The first-order valence-electron chi connectivity index (χ1n) is 8.76. The van der Waals surface area contributed by atoms with Crippen molar-refractivity contribution in [1.82, 2.24) is 10.1 Å². The molecular formula is C21H13ClN4O4. The number of halogens is 1. The number of nitrogens with zero attached hydrogens (tertiary/aromatic N) is 3. The third-order valence-electron chi connectivity index (χ3n) is 4.25. The van der Waals surface area contributed by atoms with Crippen LogP contribution in [0.25, 0.3) is 22.8 Å². The number of nitrogens with one attached hydrogen (secondary N) is 1. The van der Waals surface area contributed by atoms with Crippen molar-refractivity contribution in [2.45, 2.75) is 0 Å². The van der Waals surface area contributed by atoms with E-state index in [1.807, 2.05) is 0 Å². The summed E-state index contributed by atoms with van der Waals surface area (Å²) < 4.78 is 5.36. The number of nitro groups is 1. The highest BCUT2D eigenvalue weighted by atomic mass is 35.5. The molecule has 0 aliphatic rings. The molecule has 0 atom stereocenters. The van der Waals surface area contributed by atoms with Gasteiger partial charge in [0.2, 0.25) is 5.82 Å². The SMILES string of the molecule is O=C(Nc1cccc([N+](=O)[O-])c1)c1ccccc1-c1nc(-c2ccc(Cl)cc2)no1. The molecule has 0 aliphatic heterocycles. The van der Waals surface area contributed by atoms with Crippen molar-refractivity contribution in [3.63, 3.8) is 0 Å². The van der Waals surface area contributed by atoms with Gasteiger partial charge in [-0.1, -0.05) is 35.0 Å². The summed E-state index contributed by atoms with van der Waals surface area (Å²) in [7, 11) is 0. The second-order valence-corrected chi connectivity index (χ2v) is 6.67. The Balaban J connectivity index is 1.63. The molecule has 8 nitrogen and oxygen atoms in total. The molecule has 0 bridgehead atoms. The van der Waals surface area contributed by atoms with Gasteiger partial charge in [0.05, 0.1) is 16.1 Å². The van der Waals surface area contributed by atoms with Crippen molar-refractivity contribution in [2.75, 3.05) is 5.32 Å². The molecule has 0 unspecified atom stereocenters. The van der Waals surface area contributed by atoms with Gasteiger partial charge in [-0.2, -0.15) is 4.98 Å². The van der Waals surface area contributed by atoms with Gasteiger partial charge in [0.15, 0.2) is 0 Å². The Kier molecular flexibility index (Phi) is 5.23. The van der Waals surface area contributed by atoms with E-state index in [-0.39, 0.29) is 17.1 Å². The smallest absolute Gasteiger partial charge is 0.271 e. The fraction of sp³-hybridized carbons (Fsp3) is 0. The van der Waals surface area contributed by atoms with Crippen molar-refractivity contribution < 1.29 is 14.2 Å². The molecule has 3 aromatic carbocycles. The van der Waals surface area contributed by atoms with Crippen molar-refractivity contribution in [2.24, 2.45) is 0 Å². The number of amides is 1. The van der Waals surface area contributed by atoms with Crippen molar-refractivity contribution in [3.05, 3.63) is 93.5 Å². The van der Waals surface area contributed by atoms with Gasteiger partial charge in [-0.3, -0.25) is 14.9 Å². The average molecular weight is 421 g/mol. The van der Waals surface area contributed by atoms with E-state index in [1.54, 1.807) is 54.6 Å². The fourth-order valence-electron chi connectivity index (χ4n) is 2.81. The lowest BCUT2D eigenvalue weighted by molar-refractivity contribution is -0.384. The van der Waals surface area contributed by atoms with Crippen LogP contribution in [0.2, 0.25) is 5.02 Å². The van der Waals surface area contributed by atoms with Gasteiger partial charge in [-0.15, -0.1) is 0 Å². The van der Waals surface area contributed by atoms with Gasteiger partial charge in [0, 0.05) is 28.4 Å². The van der Waals surface area contributed by atoms with Crippen LogP contribution in [0.3, 0.4) is 0 Å². The number of rotatable bonds is 5. The molecule has 30 heavy (non-hydrogen) atoms. The molecule has 4 aromatic rings. The number of aromatic nitrogens is 2. The minimum Gasteiger partial charge on any atom is -0.334 e. The van der Waals surface area contributed by atoms with Gasteiger partial charge >= 0.3 is 0 Å². The Morgan fingerprint density at radius 3 is 2.57 bits per heavy atom. The molecule has 4 rings (SSSR count). The summed E-state index contributed by atoms with van der Waals surface area (Å²) in [6.07, 6.45) is 0. The third-order valence-corrected chi connectivity index (χ3v) is 4.50. The van der Waals surface area contributed by atoms with E-state index in [4.69, 9.17) is 16.1 Å². The third kappa shape index (κ3) is 4.03. The molecule has 0 spiro atoms. The first-order valence-corrected chi connectivity index (χ1v) is 9.14. The zero-order valence-electron chi connectivity index (χ0n) is 15.3. The maximum absolute atomic E-state index is 12.8. The molecule has 1 heterocycles. The number of carbonyl (C=O) groups excluding carboxylic acids is 1. The number of carbonyl (C=O) groups is 1. The summed E-state index contributed by atoms with van der Waals surface area (Å²) in [6.45, 7) is 0. The van der Waals surface area contributed by atoms with E-state index in [9.17, 15) is 14.9 Å². The number of anilines is 1. The van der Waals surface area contributed by atoms with Gasteiger partial charge in [-0.05, 0) is 42.5 Å². The van der Waals surface area contributed by atoms with E-state index >= 15 is 0 Å². The van der Waals surface area contributed by atoms with E-state index in [0.717, 1.165) is 0 Å². The van der Waals surface area contributed by atoms with Gasteiger partial charge < -0.3 is 9.84 Å². The summed E-state index contributed by atoms with van der Waals surface area (Å²) in [4.78, 5) is 27.6. The first-order chi connectivity index (χ1) is 14.5. The number of benzene rings is 3. The van der Waals surface area contributed by atoms with Gasteiger partial charge in [0.25, 0.3) is 17.5 Å². The highest BCUT2D eigenvalue weighted by Crippen LogP contribution is 2.27. The minimum absolute atomic E-state index is 0.120.